The summed E-state index contributed by atoms with van der Waals surface area (Å²) in [5, 5.41) is 13.4. The second kappa shape index (κ2) is 5.17. The lowest BCUT2D eigenvalue weighted by Crippen LogP contribution is -2.06. The van der Waals surface area contributed by atoms with Crippen LogP contribution in [0, 0.1) is 17.0 Å². The summed E-state index contributed by atoms with van der Waals surface area (Å²) in [5.41, 5.74) is 1.82. The van der Waals surface area contributed by atoms with Crippen LogP contribution in [0.1, 0.15) is 11.3 Å². The number of nitrogens with one attached hydrogen (secondary N) is 1. The molecule has 18 heavy (non-hydrogen) atoms. The molecule has 2 rings (SSSR count). The Morgan fingerprint density at radius 1 is 1.33 bits per heavy atom. The number of hydrogen-bond donors (Lipinski definition) is 1. The molecule has 0 spiro atoms. The average Bonchev–Trinajstić information content (AvgIpc) is 2.38. The Bertz CT molecular complexity index is 556. The molecule has 2 aromatic heterocycles. The molecule has 0 aliphatic carbocycles. The molecule has 2 heterocycles. The second-order valence-electron chi connectivity index (χ2n) is 3.64. The molecule has 0 amide bonds. The predicted octanol–water partition coefficient (Wildman–Crippen LogP) is 1.70. The fourth-order valence-corrected chi connectivity index (χ4v) is 1.37. The molecule has 0 saturated carbocycles. The summed E-state index contributed by atoms with van der Waals surface area (Å²) >= 11 is 0. The van der Waals surface area contributed by atoms with Gasteiger partial charge in [0.15, 0.2) is 0 Å². The number of hydrogen-bond acceptors (Lipinski definition) is 6. The first-order valence-corrected chi connectivity index (χ1v) is 5.27. The Labute approximate surface area is 103 Å². The standard InChI is InChI=1S/C11H11N5O2/c1-8-3-2-4-12-10(8)7-15-11-13-5-9(6-14-11)16(17)18/h2-6H,7H2,1H3,(H,13,14,15). The number of nitro groups is 1. The highest BCUT2D eigenvalue weighted by Crippen LogP contribution is 2.09. The molecule has 2 aromatic rings. The van der Waals surface area contributed by atoms with Crippen LogP contribution in [0.4, 0.5) is 11.6 Å². The maximum atomic E-state index is 10.4. The average molecular weight is 245 g/mol. The van der Waals surface area contributed by atoms with Gasteiger partial charge in [-0.3, -0.25) is 15.1 Å². The molecule has 0 aliphatic rings. The van der Waals surface area contributed by atoms with Crippen LogP contribution in [-0.2, 0) is 6.54 Å². The summed E-state index contributed by atoms with van der Waals surface area (Å²) in [4.78, 5) is 21.8. The first-order chi connectivity index (χ1) is 8.66. The fraction of sp³-hybridized carbons (Fsp3) is 0.182. The number of pyridine rings is 1. The number of anilines is 1. The van der Waals surface area contributed by atoms with Crippen molar-refractivity contribution in [2.24, 2.45) is 0 Å². The first-order valence-electron chi connectivity index (χ1n) is 5.27. The van der Waals surface area contributed by atoms with Crippen molar-refractivity contribution in [1.82, 2.24) is 15.0 Å². The van der Waals surface area contributed by atoms with E-state index >= 15 is 0 Å². The van der Waals surface area contributed by atoms with Gasteiger partial charge in [0.05, 0.1) is 17.2 Å². The van der Waals surface area contributed by atoms with E-state index in [1.165, 1.54) is 12.4 Å². The van der Waals surface area contributed by atoms with Gasteiger partial charge in [-0.1, -0.05) is 6.07 Å². The van der Waals surface area contributed by atoms with Gasteiger partial charge < -0.3 is 5.32 Å². The lowest BCUT2D eigenvalue weighted by Gasteiger charge is -2.05. The zero-order chi connectivity index (χ0) is 13.0. The molecule has 0 bridgehead atoms. The fourth-order valence-electron chi connectivity index (χ4n) is 1.37. The maximum Gasteiger partial charge on any atom is 0.305 e. The van der Waals surface area contributed by atoms with E-state index in [4.69, 9.17) is 0 Å². The van der Waals surface area contributed by atoms with Gasteiger partial charge in [0, 0.05) is 6.20 Å². The molecule has 0 saturated heterocycles. The minimum Gasteiger partial charge on any atom is -0.349 e. The van der Waals surface area contributed by atoms with E-state index in [2.05, 4.69) is 20.3 Å². The van der Waals surface area contributed by atoms with Crippen molar-refractivity contribution in [3.05, 3.63) is 52.1 Å². The Morgan fingerprint density at radius 3 is 2.67 bits per heavy atom. The van der Waals surface area contributed by atoms with Gasteiger partial charge in [-0.2, -0.15) is 0 Å². The smallest absolute Gasteiger partial charge is 0.305 e. The Hall–Kier alpha value is -2.57. The van der Waals surface area contributed by atoms with Gasteiger partial charge in [-0.05, 0) is 18.6 Å². The largest absolute Gasteiger partial charge is 0.349 e. The minimum absolute atomic E-state index is 0.130. The molecular formula is C11H11N5O2. The highest BCUT2D eigenvalue weighted by Gasteiger charge is 2.06. The second-order valence-corrected chi connectivity index (χ2v) is 3.64. The number of aryl methyl sites for hydroxylation is 1. The van der Waals surface area contributed by atoms with Gasteiger partial charge in [0.25, 0.3) is 0 Å². The van der Waals surface area contributed by atoms with E-state index < -0.39 is 4.92 Å². The molecule has 7 nitrogen and oxygen atoms in total. The van der Waals surface area contributed by atoms with Gasteiger partial charge in [-0.15, -0.1) is 0 Å². The monoisotopic (exact) mass is 245 g/mol. The van der Waals surface area contributed by atoms with Crippen LogP contribution in [0.5, 0.6) is 0 Å². The molecule has 0 radical (unpaired) electrons. The van der Waals surface area contributed by atoms with Crippen molar-refractivity contribution in [3.8, 4) is 0 Å². The molecule has 0 aromatic carbocycles. The molecule has 0 atom stereocenters. The first kappa shape index (κ1) is 11.9. The number of rotatable bonds is 4. The van der Waals surface area contributed by atoms with Crippen molar-refractivity contribution >= 4 is 11.6 Å². The molecule has 1 N–H and O–H groups in total. The third-order valence-corrected chi connectivity index (χ3v) is 2.38. The molecular weight excluding hydrogens is 234 g/mol. The van der Waals surface area contributed by atoms with Gasteiger partial charge >= 0.3 is 5.69 Å². The molecule has 7 heteroatoms. The van der Waals surface area contributed by atoms with Crippen LogP contribution >= 0.6 is 0 Å². The van der Waals surface area contributed by atoms with E-state index in [0.29, 0.717) is 12.5 Å². The van der Waals surface area contributed by atoms with Crippen LogP contribution in [0.15, 0.2) is 30.7 Å². The van der Waals surface area contributed by atoms with Crippen molar-refractivity contribution in [1.29, 1.82) is 0 Å². The Kier molecular flexibility index (Phi) is 3.42. The Morgan fingerprint density at radius 2 is 2.06 bits per heavy atom. The van der Waals surface area contributed by atoms with Crippen molar-refractivity contribution in [2.75, 3.05) is 5.32 Å². The van der Waals surface area contributed by atoms with E-state index in [9.17, 15) is 10.1 Å². The van der Waals surface area contributed by atoms with E-state index in [1.807, 2.05) is 19.1 Å². The summed E-state index contributed by atoms with van der Waals surface area (Å²) in [6.45, 7) is 2.44. The number of nitrogens with zero attached hydrogens (tertiary/aromatic N) is 4. The molecule has 92 valence electrons. The van der Waals surface area contributed by atoms with Crippen LogP contribution in [0.3, 0.4) is 0 Å². The van der Waals surface area contributed by atoms with Crippen LogP contribution in [0.25, 0.3) is 0 Å². The maximum absolute atomic E-state index is 10.4. The van der Waals surface area contributed by atoms with E-state index in [-0.39, 0.29) is 5.69 Å². The summed E-state index contributed by atoms with van der Waals surface area (Å²) in [6, 6.07) is 3.82. The molecule has 0 aliphatic heterocycles. The minimum atomic E-state index is -0.535. The molecule has 0 fully saturated rings. The lowest BCUT2D eigenvalue weighted by molar-refractivity contribution is -0.385. The molecule has 0 unspecified atom stereocenters. The van der Waals surface area contributed by atoms with Gasteiger partial charge in [0.2, 0.25) is 5.95 Å². The van der Waals surface area contributed by atoms with Crippen molar-refractivity contribution < 1.29 is 4.92 Å². The summed E-state index contributed by atoms with van der Waals surface area (Å²) in [7, 11) is 0. The lowest BCUT2D eigenvalue weighted by atomic mass is 10.2. The highest BCUT2D eigenvalue weighted by molar-refractivity contribution is 5.32. The SMILES string of the molecule is Cc1cccnc1CNc1ncc([N+](=O)[O-])cn1. The van der Waals surface area contributed by atoms with Crippen LogP contribution in [-0.4, -0.2) is 19.9 Å². The number of aromatic nitrogens is 3. The van der Waals surface area contributed by atoms with Crippen molar-refractivity contribution in [3.63, 3.8) is 0 Å². The van der Waals surface area contributed by atoms with Gasteiger partial charge in [-0.25, -0.2) is 9.97 Å². The zero-order valence-corrected chi connectivity index (χ0v) is 9.70. The highest BCUT2D eigenvalue weighted by atomic mass is 16.6. The Balaban J connectivity index is 2.02. The van der Waals surface area contributed by atoms with Crippen LogP contribution in [0.2, 0.25) is 0 Å². The zero-order valence-electron chi connectivity index (χ0n) is 9.70. The quantitative estimate of drug-likeness (QED) is 0.650. The predicted molar refractivity (Wildman–Crippen MR) is 65.0 cm³/mol. The summed E-state index contributed by atoms with van der Waals surface area (Å²) in [5.74, 6) is 0.339. The summed E-state index contributed by atoms with van der Waals surface area (Å²) in [6.07, 6.45) is 4.04. The van der Waals surface area contributed by atoms with E-state index in [0.717, 1.165) is 11.3 Å². The summed E-state index contributed by atoms with van der Waals surface area (Å²) < 4.78 is 0. The van der Waals surface area contributed by atoms with E-state index in [1.54, 1.807) is 6.20 Å². The van der Waals surface area contributed by atoms with Crippen LogP contribution < -0.4 is 5.32 Å². The normalized spacial score (nSPS) is 10.1. The third-order valence-electron chi connectivity index (χ3n) is 2.38. The van der Waals surface area contributed by atoms with Gasteiger partial charge in [0.1, 0.15) is 12.4 Å². The third kappa shape index (κ3) is 2.76. The van der Waals surface area contributed by atoms with Crippen molar-refractivity contribution in [2.45, 2.75) is 13.5 Å². The topological polar surface area (TPSA) is 93.8 Å².